The Kier molecular flexibility index (Phi) is 10.2. The van der Waals surface area contributed by atoms with Crippen LogP contribution in [0.5, 0.6) is 17.2 Å². The lowest BCUT2D eigenvalue weighted by atomic mass is 9.49. The number of fused-ring (bicyclic) bond motifs is 4. The van der Waals surface area contributed by atoms with Crippen LogP contribution in [0.15, 0.2) is 121 Å². The van der Waals surface area contributed by atoms with E-state index in [1.165, 1.54) is 41.3 Å². The third-order valence-corrected chi connectivity index (χ3v) is 13.2. The predicted molar refractivity (Wildman–Crippen MR) is 230 cm³/mol. The van der Waals surface area contributed by atoms with Gasteiger partial charge < -0.3 is 14.6 Å². The summed E-state index contributed by atoms with van der Waals surface area (Å²) >= 11 is 13.4. The molecule has 6 atom stereocenters. The van der Waals surface area contributed by atoms with Crippen molar-refractivity contribution >= 4 is 70.4 Å². The number of phenols is 1. The summed E-state index contributed by atoms with van der Waals surface area (Å²) in [5, 5.41) is 12.0. The second-order valence-electron chi connectivity index (χ2n) is 15.6. The number of halogens is 3. The molecule has 2 aliphatic heterocycles. The third-order valence-electron chi connectivity index (χ3n) is 12.6. The van der Waals surface area contributed by atoms with Gasteiger partial charge in [-0.25, -0.2) is 4.39 Å². The Morgan fingerprint density at radius 2 is 1.54 bits per heavy atom. The molecule has 61 heavy (non-hydrogen) atoms. The van der Waals surface area contributed by atoms with Crippen LogP contribution in [0.1, 0.15) is 41.0 Å². The number of nitrogens with zero attached hydrogens (tertiary/aromatic N) is 2. The van der Waals surface area contributed by atoms with Crippen molar-refractivity contribution in [2.24, 2.45) is 23.7 Å². The fourth-order valence-corrected chi connectivity index (χ4v) is 10.3. The van der Waals surface area contributed by atoms with Crippen LogP contribution in [-0.2, 0) is 24.6 Å². The molecule has 0 aromatic heterocycles. The van der Waals surface area contributed by atoms with E-state index in [9.17, 15) is 23.9 Å². The fraction of sp³-hybridized carbons (Fsp3) is 0.208. The SMILES string of the molecule is COc1ccc(OC)c(C=Cc2ccc(N3C(=O)[C@H]4[C@H](CC=C5[C@H]4C[C@H]4C(=O)N(Nc6ccc(F)cc6)C(=O)[C@@]4(c4ccc(Cl)cc4)[C@H]5c4ccc(O)cc4Cl)C3=O)cc2)c1. The zero-order valence-electron chi connectivity index (χ0n) is 32.9. The fourth-order valence-electron chi connectivity index (χ4n) is 9.89. The van der Waals surface area contributed by atoms with Crippen molar-refractivity contribution in [2.75, 3.05) is 24.5 Å². The number of methoxy groups -OCH3 is 2. The smallest absolute Gasteiger partial charge is 0.260 e. The molecule has 4 amide bonds. The van der Waals surface area contributed by atoms with Gasteiger partial charge in [0.05, 0.1) is 48.8 Å². The van der Waals surface area contributed by atoms with Gasteiger partial charge in [0.15, 0.2) is 0 Å². The summed E-state index contributed by atoms with van der Waals surface area (Å²) < 4.78 is 24.8. The van der Waals surface area contributed by atoms with E-state index in [1.807, 2.05) is 48.6 Å². The lowest BCUT2D eigenvalue weighted by molar-refractivity contribution is -0.138. The highest BCUT2D eigenvalue weighted by Crippen LogP contribution is 2.65. The van der Waals surface area contributed by atoms with E-state index in [0.717, 1.165) is 16.1 Å². The summed E-state index contributed by atoms with van der Waals surface area (Å²) in [6.07, 6.45) is 5.96. The molecule has 0 bridgehead atoms. The number of rotatable bonds is 9. The standard InChI is InChI=1S/C48H38Cl2FN3O7/c1-60-34-18-22-41(61-2)27(23-34)6-3-26-4-15-32(16-5-26)53-44(56)37-21-20-35-38(42(37)46(53)58)25-39-45(57)54(52-31-13-11-30(51)12-14-31)47(59)48(39,28-7-9-29(49)10-8-28)43(35)36-19-17-33(55)24-40(36)50/h3-20,22-24,37-39,42-43,52,55H,21,25H2,1-2H3/t37-,38+,39-,42-,43+,48+/m0/s1. The predicted octanol–water partition coefficient (Wildman–Crippen LogP) is 9.22. The first-order chi connectivity index (χ1) is 29.4. The van der Waals surface area contributed by atoms with Crippen molar-refractivity contribution in [1.82, 2.24) is 5.01 Å². The Balaban J connectivity index is 1.11. The molecule has 0 radical (unpaired) electrons. The first-order valence-electron chi connectivity index (χ1n) is 19.7. The molecule has 1 saturated carbocycles. The van der Waals surface area contributed by atoms with Gasteiger partial charge in [0.2, 0.25) is 11.8 Å². The van der Waals surface area contributed by atoms with Crippen molar-refractivity contribution in [3.63, 3.8) is 0 Å². The lowest BCUT2D eigenvalue weighted by Crippen LogP contribution is -2.53. The molecule has 308 valence electrons. The molecule has 2 N–H and O–H groups in total. The van der Waals surface area contributed by atoms with Gasteiger partial charge in [0, 0.05) is 21.5 Å². The number of benzene rings is 5. The summed E-state index contributed by atoms with van der Waals surface area (Å²) in [6.45, 7) is 0. The van der Waals surface area contributed by atoms with Crippen molar-refractivity contribution in [1.29, 1.82) is 0 Å². The molecular formula is C48H38Cl2FN3O7. The average molecular weight is 859 g/mol. The zero-order valence-corrected chi connectivity index (χ0v) is 34.4. The molecular weight excluding hydrogens is 820 g/mol. The van der Waals surface area contributed by atoms with Crippen molar-refractivity contribution in [2.45, 2.75) is 24.2 Å². The number of phenolic OH excluding ortho intramolecular Hbond substituents is 1. The summed E-state index contributed by atoms with van der Waals surface area (Å²) in [5.41, 5.74) is 5.30. The van der Waals surface area contributed by atoms with Gasteiger partial charge in [-0.3, -0.25) is 29.5 Å². The van der Waals surface area contributed by atoms with Crippen molar-refractivity contribution < 1.29 is 38.1 Å². The number of anilines is 2. The number of carbonyl (C=O) groups is 4. The number of amides is 4. The third kappa shape index (κ3) is 6.54. The minimum atomic E-state index is -1.62. The summed E-state index contributed by atoms with van der Waals surface area (Å²) in [5.74, 6) is -5.35. The Morgan fingerprint density at radius 1 is 0.803 bits per heavy atom. The molecule has 9 rings (SSSR count). The Hall–Kier alpha value is -6.43. The normalized spacial score (nSPS) is 24.4. The second kappa shape index (κ2) is 15.6. The largest absolute Gasteiger partial charge is 0.508 e. The van der Waals surface area contributed by atoms with E-state index in [1.54, 1.807) is 56.7 Å². The van der Waals surface area contributed by atoms with Gasteiger partial charge in [-0.2, -0.15) is 5.01 Å². The number of hydrazine groups is 1. The van der Waals surface area contributed by atoms with E-state index in [2.05, 4.69) is 5.43 Å². The number of carbonyl (C=O) groups excluding carboxylic acids is 4. The minimum absolute atomic E-state index is 0.0539. The van der Waals surface area contributed by atoms with Crippen LogP contribution in [0.4, 0.5) is 15.8 Å². The molecule has 13 heteroatoms. The maximum Gasteiger partial charge on any atom is 0.260 e. The van der Waals surface area contributed by atoms with Crippen LogP contribution < -0.4 is 19.8 Å². The van der Waals surface area contributed by atoms with Crippen LogP contribution in [0.2, 0.25) is 10.0 Å². The van der Waals surface area contributed by atoms with Crippen LogP contribution >= 0.6 is 23.2 Å². The monoisotopic (exact) mass is 857 g/mol. The number of hydrogen-bond donors (Lipinski definition) is 2. The topological polar surface area (TPSA) is 125 Å². The first-order valence-corrected chi connectivity index (χ1v) is 20.4. The molecule has 0 spiro atoms. The molecule has 5 aromatic rings. The minimum Gasteiger partial charge on any atom is -0.508 e. The van der Waals surface area contributed by atoms with E-state index >= 15 is 4.79 Å². The highest BCUT2D eigenvalue weighted by Gasteiger charge is 2.70. The Bertz CT molecular complexity index is 2670. The molecule has 2 heterocycles. The zero-order chi connectivity index (χ0) is 42.7. The van der Waals surface area contributed by atoms with Crippen molar-refractivity contribution in [3.05, 3.63) is 159 Å². The number of allylic oxidation sites excluding steroid dienone is 2. The van der Waals surface area contributed by atoms with Gasteiger partial charge >= 0.3 is 0 Å². The number of ether oxygens (including phenoxy) is 2. The van der Waals surface area contributed by atoms with Crippen LogP contribution in [-0.4, -0.2) is 48.0 Å². The Morgan fingerprint density at radius 3 is 2.23 bits per heavy atom. The molecule has 2 saturated heterocycles. The van der Waals surface area contributed by atoms with E-state index in [4.69, 9.17) is 32.7 Å². The molecule has 0 unspecified atom stereocenters. The number of nitrogens with one attached hydrogen (secondary N) is 1. The van der Waals surface area contributed by atoms with Gasteiger partial charge in [-0.1, -0.05) is 77.3 Å². The Labute approximate surface area is 360 Å². The highest BCUT2D eigenvalue weighted by molar-refractivity contribution is 6.32. The van der Waals surface area contributed by atoms with E-state index in [0.29, 0.717) is 44.6 Å². The van der Waals surface area contributed by atoms with E-state index in [-0.39, 0.29) is 29.5 Å². The molecule has 10 nitrogen and oxygen atoms in total. The molecule has 3 fully saturated rings. The number of imide groups is 2. The van der Waals surface area contributed by atoms with Gasteiger partial charge in [0.25, 0.3) is 11.8 Å². The number of hydrogen-bond acceptors (Lipinski definition) is 8. The molecule has 2 aliphatic carbocycles. The summed E-state index contributed by atoms with van der Waals surface area (Å²) in [7, 11) is 3.18. The van der Waals surface area contributed by atoms with Crippen LogP contribution in [0.3, 0.4) is 0 Å². The van der Waals surface area contributed by atoms with Gasteiger partial charge in [-0.05, 0) is 114 Å². The van der Waals surface area contributed by atoms with Crippen LogP contribution in [0, 0.1) is 29.5 Å². The summed E-state index contributed by atoms with van der Waals surface area (Å²) in [6, 6.07) is 29.1. The van der Waals surface area contributed by atoms with Gasteiger partial charge in [-0.15, -0.1) is 0 Å². The highest BCUT2D eigenvalue weighted by atomic mass is 35.5. The lowest BCUT2D eigenvalue weighted by Gasteiger charge is -2.50. The van der Waals surface area contributed by atoms with Crippen LogP contribution in [0.25, 0.3) is 12.2 Å². The quantitative estimate of drug-likeness (QED) is 0.0855. The molecule has 4 aliphatic rings. The number of aromatic hydroxyl groups is 1. The first kappa shape index (κ1) is 40.0. The van der Waals surface area contributed by atoms with Gasteiger partial charge in [0.1, 0.15) is 23.1 Å². The summed E-state index contributed by atoms with van der Waals surface area (Å²) in [4.78, 5) is 60.6. The maximum absolute atomic E-state index is 15.3. The van der Waals surface area contributed by atoms with E-state index < -0.39 is 58.5 Å². The molecule has 5 aromatic carbocycles. The van der Waals surface area contributed by atoms with Crippen molar-refractivity contribution in [3.8, 4) is 17.2 Å². The average Bonchev–Trinajstić information content (AvgIpc) is 3.64. The second-order valence-corrected chi connectivity index (χ2v) is 16.5. The maximum atomic E-state index is 15.3.